The van der Waals surface area contributed by atoms with Crippen molar-refractivity contribution in [3.8, 4) is 0 Å². The van der Waals surface area contributed by atoms with Crippen molar-refractivity contribution in [1.82, 2.24) is 5.32 Å². The summed E-state index contributed by atoms with van der Waals surface area (Å²) in [7, 11) is 0. The smallest absolute Gasteiger partial charge is 0.230 e. The number of ether oxygens (including phenoxy) is 1. The molecule has 0 bridgehead atoms. The minimum Gasteiger partial charge on any atom is -0.391 e. The molecule has 0 aromatic heterocycles. The largest absolute Gasteiger partial charge is 0.391 e. The van der Waals surface area contributed by atoms with Crippen molar-refractivity contribution in [2.45, 2.75) is 56.5 Å². The average molecular weight is 331 g/mol. The first-order valence-electron chi connectivity index (χ1n) is 9.32. The van der Waals surface area contributed by atoms with Crippen molar-refractivity contribution < 1.29 is 14.6 Å². The van der Waals surface area contributed by atoms with E-state index in [1.165, 1.54) is 19.3 Å². The van der Waals surface area contributed by atoms with E-state index >= 15 is 0 Å². The van der Waals surface area contributed by atoms with Crippen LogP contribution in [0.5, 0.6) is 0 Å². The fourth-order valence-corrected chi connectivity index (χ4v) is 4.18. The molecule has 24 heavy (non-hydrogen) atoms. The number of aliphatic hydroxyl groups excluding tert-OH is 1. The lowest BCUT2D eigenvalue weighted by Crippen LogP contribution is -2.50. The lowest BCUT2D eigenvalue weighted by molar-refractivity contribution is -0.131. The van der Waals surface area contributed by atoms with Gasteiger partial charge in [0.2, 0.25) is 5.91 Å². The van der Waals surface area contributed by atoms with Gasteiger partial charge in [0.15, 0.2) is 0 Å². The van der Waals surface area contributed by atoms with E-state index in [-0.39, 0.29) is 5.91 Å². The third-order valence-corrected chi connectivity index (χ3v) is 5.77. The quantitative estimate of drug-likeness (QED) is 0.872. The Hall–Kier alpha value is -1.39. The molecule has 1 heterocycles. The van der Waals surface area contributed by atoms with Gasteiger partial charge < -0.3 is 15.2 Å². The molecule has 1 aliphatic carbocycles. The monoisotopic (exact) mass is 331 g/mol. The van der Waals surface area contributed by atoms with Crippen molar-refractivity contribution in [2.24, 2.45) is 5.92 Å². The Labute approximate surface area is 144 Å². The molecule has 1 atom stereocenters. The Morgan fingerprint density at radius 3 is 2.50 bits per heavy atom. The van der Waals surface area contributed by atoms with E-state index in [0.29, 0.717) is 38.5 Å². The summed E-state index contributed by atoms with van der Waals surface area (Å²) in [6.07, 6.45) is 6.78. The number of nitrogens with one attached hydrogen (secondary N) is 1. The van der Waals surface area contributed by atoms with Crippen molar-refractivity contribution >= 4 is 5.91 Å². The summed E-state index contributed by atoms with van der Waals surface area (Å²) >= 11 is 0. The molecule has 2 N–H and O–H groups in total. The van der Waals surface area contributed by atoms with E-state index in [2.05, 4.69) is 5.32 Å². The molecule has 2 aliphatic rings. The van der Waals surface area contributed by atoms with Gasteiger partial charge in [0.05, 0.1) is 11.5 Å². The van der Waals surface area contributed by atoms with Crippen LogP contribution in [0, 0.1) is 5.92 Å². The molecule has 1 saturated carbocycles. The zero-order valence-corrected chi connectivity index (χ0v) is 14.4. The number of hydrogen-bond acceptors (Lipinski definition) is 3. The predicted molar refractivity (Wildman–Crippen MR) is 93.8 cm³/mol. The van der Waals surface area contributed by atoms with Crippen LogP contribution in [0.15, 0.2) is 30.3 Å². The van der Waals surface area contributed by atoms with Crippen molar-refractivity contribution in [3.05, 3.63) is 35.9 Å². The van der Waals surface area contributed by atoms with Gasteiger partial charge in [-0.15, -0.1) is 0 Å². The number of hydrogen-bond donors (Lipinski definition) is 2. The highest BCUT2D eigenvalue weighted by Crippen LogP contribution is 2.35. The molecule has 0 spiro atoms. The lowest BCUT2D eigenvalue weighted by atomic mass is 9.73. The van der Waals surface area contributed by atoms with Crippen LogP contribution < -0.4 is 5.32 Å². The van der Waals surface area contributed by atoms with Gasteiger partial charge >= 0.3 is 0 Å². The van der Waals surface area contributed by atoms with Crippen LogP contribution >= 0.6 is 0 Å². The maximum atomic E-state index is 13.0. The molecule has 1 amide bonds. The fourth-order valence-electron chi connectivity index (χ4n) is 4.18. The zero-order valence-electron chi connectivity index (χ0n) is 14.4. The second-order valence-electron chi connectivity index (χ2n) is 7.24. The Balaban J connectivity index is 1.66. The van der Waals surface area contributed by atoms with Crippen LogP contribution in [-0.2, 0) is 14.9 Å². The first-order valence-corrected chi connectivity index (χ1v) is 9.32. The van der Waals surface area contributed by atoms with Gasteiger partial charge in [0, 0.05) is 19.8 Å². The van der Waals surface area contributed by atoms with Gasteiger partial charge in [-0.05, 0) is 37.2 Å². The number of rotatable bonds is 5. The van der Waals surface area contributed by atoms with Gasteiger partial charge in [-0.3, -0.25) is 4.79 Å². The molecular formula is C20H29NO3. The van der Waals surface area contributed by atoms with E-state index in [1.807, 2.05) is 30.3 Å². The third-order valence-electron chi connectivity index (χ3n) is 5.77. The van der Waals surface area contributed by atoms with Gasteiger partial charge in [0.1, 0.15) is 0 Å². The molecule has 1 aliphatic heterocycles. The first-order chi connectivity index (χ1) is 11.7. The Morgan fingerprint density at radius 1 is 1.17 bits per heavy atom. The Bertz CT molecular complexity index is 519. The maximum Gasteiger partial charge on any atom is 0.230 e. The van der Waals surface area contributed by atoms with Crippen LogP contribution in [0.3, 0.4) is 0 Å². The second kappa shape index (κ2) is 8.13. The summed E-state index contributed by atoms with van der Waals surface area (Å²) in [5, 5.41) is 13.5. The van der Waals surface area contributed by atoms with E-state index < -0.39 is 11.5 Å². The Kier molecular flexibility index (Phi) is 5.90. The van der Waals surface area contributed by atoms with Crippen molar-refractivity contribution in [2.75, 3.05) is 19.8 Å². The van der Waals surface area contributed by atoms with E-state index in [1.54, 1.807) is 0 Å². The number of benzene rings is 1. The fraction of sp³-hybridized carbons (Fsp3) is 0.650. The molecule has 4 heteroatoms. The molecule has 1 saturated heterocycles. The summed E-state index contributed by atoms with van der Waals surface area (Å²) in [5.41, 5.74) is 0.532. The summed E-state index contributed by atoms with van der Waals surface area (Å²) < 4.78 is 5.49. The van der Waals surface area contributed by atoms with Crippen LogP contribution in [0.1, 0.15) is 50.5 Å². The molecule has 3 rings (SSSR count). The summed E-state index contributed by atoms with van der Waals surface area (Å²) in [5.74, 6) is 0.369. The highest BCUT2D eigenvalue weighted by molar-refractivity contribution is 5.88. The zero-order chi connectivity index (χ0) is 16.8. The highest BCUT2D eigenvalue weighted by Gasteiger charge is 2.41. The molecular weight excluding hydrogens is 302 g/mol. The van der Waals surface area contributed by atoms with Crippen molar-refractivity contribution in [1.29, 1.82) is 0 Å². The number of amides is 1. The standard InChI is InChI=1S/C20H29NO3/c22-18(16-7-3-1-4-8-16)15-21-19(23)20(11-13-24-14-12-20)17-9-5-2-6-10-17/h2,5-6,9-10,16,18,22H,1,3-4,7-8,11-15H2,(H,21,23). The van der Waals surface area contributed by atoms with E-state index in [0.717, 1.165) is 18.4 Å². The second-order valence-corrected chi connectivity index (χ2v) is 7.24. The molecule has 1 aromatic carbocycles. The Morgan fingerprint density at radius 2 is 1.83 bits per heavy atom. The molecule has 0 radical (unpaired) electrons. The molecule has 1 aromatic rings. The highest BCUT2D eigenvalue weighted by atomic mass is 16.5. The number of carbonyl (C=O) groups is 1. The van der Waals surface area contributed by atoms with Crippen molar-refractivity contribution in [3.63, 3.8) is 0 Å². The SMILES string of the molecule is O=C(NCC(O)C1CCCCC1)C1(c2ccccc2)CCOCC1. The normalized spacial score (nSPS) is 22.7. The van der Waals surface area contributed by atoms with E-state index in [9.17, 15) is 9.90 Å². The van der Waals surface area contributed by atoms with Gasteiger partial charge in [-0.2, -0.15) is 0 Å². The van der Waals surface area contributed by atoms with E-state index in [4.69, 9.17) is 4.74 Å². The minimum atomic E-state index is -0.522. The summed E-state index contributed by atoms with van der Waals surface area (Å²) in [6.45, 7) is 1.57. The molecule has 2 fully saturated rings. The minimum absolute atomic E-state index is 0.0341. The molecule has 1 unspecified atom stereocenters. The van der Waals surface area contributed by atoms with Crippen LogP contribution in [0.4, 0.5) is 0 Å². The lowest BCUT2D eigenvalue weighted by Gasteiger charge is -2.37. The van der Waals surface area contributed by atoms with Crippen LogP contribution in [0.25, 0.3) is 0 Å². The summed E-state index contributed by atoms with van der Waals surface area (Å²) in [6, 6.07) is 10.00. The maximum absolute atomic E-state index is 13.0. The first kappa shape index (κ1) is 17.4. The van der Waals surface area contributed by atoms with Crippen LogP contribution in [0.2, 0.25) is 0 Å². The topological polar surface area (TPSA) is 58.6 Å². The van der Waals surface area contributed by atoms with Gasteiger partial charge in [-0.1, -0.05) is 49.6 Å². The number of aliphatic hydroxyl groups is 1. The molecule has 4 nitrogen and oxygen atoms in total. The van der Waals surface area contributed by atoms with Crippen LogP contribution in [-0.4, -0.2) is 36.9 Å². The van der Waals surface area contributed by atoms with Gasteiger partial charge in [0.25, 0.3) is 0 Å². The van der Waals surface area contributed by atoms with Gasteiger partial charge in [-0.25, -0.2) is 0 Å². The number of carbonyl (C=O) groups excluding carboxylic acids is 1. The predicted octanol–water partition coefficient (Wildman–Crippen LogP) is 2.79. The molecule has 132 valence electrons. The third kappa shape index (κ3) is 3.81. The summed E-state index contributed by atoms with van der Waals surface area (Å²) in [4.78, 5) is 13.0. The average Bonchev–Trinajstić information content (AvgIpc) is 2.67.